The molecule has 9 heteroatoms. The van der Waals surface area contributed by atoms with Gasteiger partial charge in [0.1, 0.15) is 17.3 Å². The van der Waals surface area contributed by atoms with Crippen LogP contribution in [0.4, 0.5) is 18.9 Å². The summed E-state index contributed by atoms with van der Waals surface area (Å²) in [6.07, 6.45) is -4.59. The number of aromatic hydroxyl groups is 1. The lowest BCUT2D eigenvalue weighted by molar-refractivity contribution is -0.137. The Morgan fingerprint density at radius 3 is 2.21 bits per heavy atom. The van der Waals surface area contributed by atoms with Crippen molar-refractivity contribution in [3.8, 4) is 11.5 Å². The summed E-state index contributed by atoms with van der Waals surface area (Å²) < 4.78 is 45.2. The molecule has 3 aromatic rings. The highest BCUT2D eigenvalue weighted by molar-refractivity contribution is 6.51. The molecule has 1 atom stereocenters. The molecule has 1 unspecified atom stereocenters. The molecule has 1 aliphatic rings. The predicted molar refractivity (Wildman–Crippen MR) is 141 cm³/mol. The predicted octanol–water partition coefficient (Wildman–Crippen LogP) is 6.73. The molecule has 0 saturated carbocycles. The first-order chi connectivity index (χ1) is 18.2. The second-order valence-corrected chi connectivity index (χ2v) is 10.2. The zero-order chi connectivity index (χ0) is 28.7. The van der Waals surface area contributed by atoms with Crippen LogP contribution >= 0.6 is 0 Å². The van der Waals surface area contributed by atoms with Gasteiger partial charge in [0.25, 0.3) is 11.7 Å². The Labute approximate surface area is 224 Å². The Morgan fingerprint density at radius 1 is 0.974 bits per heavy atom. The number of amides is 1. The Kier molecular flexibility index (Phi) is 7.21. The van der Waals surface area contributed by atoms with Crippen LogP contribution in [0.2, 0.25) is 0 Å². The maximum atomic E-state index is 13.4. The molecule has 1 fully saturated rings. The number of nitrogens with zero attached hydrogens (tertiary/aromatic N) is 1. The first kappa shape index (κ1) is 27.8. The van der Waals surface area contributed by atoms with Gasteiger partial charge in [0.05, 0.1) is 23.8 Å². The van der Waals surface area contributed by atoms with E-state index in [4.69, 9.17) is 4.74 Å². The number of ketones is 1. The van der Waals surface area contributed by atoms with Crippen LogP contribution in [-0.4, -0.2) is 28.5 Å². The summed E-state index contributed by atoms with van der Waals surface area (Å²) in [7, 11) is 0. The highest BCUT2D eigenvalue weighted by atomic mass is 19.4. The normalized spacial score (nSPS) is 17.5. The maximum Gasteiger partial charge on any atom is 0.416 e. The summed E-state index contributed by atoms with van der Waals surface area (Å²) in [6, 6.07) is 13.3. The van der Waals surface area contributed by atoms with Gasteiger partial charge < -0.3 is 14.9 Å². The molecule has 1 amide bonds. The first-order valence-electron chi connectivity index (χ1n) is 12.3. The van der Waals surface area contributed by atoms with Crippen molar-refractivity contribution < 1.29 is 37.7 Å². The Bertz CT molecular complexity index is 1450. The van der Waals surface area contributed by atoms with Gasteiger partial charge in [-0.1, -0.05) is 32.9 Å². The number of phenols is 1. The van der Waals surface area contributed by atoms with Gasteiger partial charge in [-0.15, -0.1) is 0 Å². The minimum absolute atomic E-state index is 0.0274. The lowest BCUT2D eigenvalue weighted by atomic mass is 9.84. The molecule has 3 aromatic carbocycles. The van der Waals surface area contributed by atoms with E-state index >= 15 is 0 Å². The van der Waals surface area contributed by atoms with Crippen LogP contribution < -0.4 is 9.64 Å². The molecule has 1 saturated heterocycles. The van der Waals surface area contributed by atoms with Crippen molar-refractivity contribution in [3.63, 3.8) is 0 Å². The lowest BCUT2D eigenvalue weighted by Gasteiger charge is -2.26. The topological polar surface area (TPSA) is 87.1 Å². The molecule has 4 rings (SSSR count). The van der Waals surface area contributed by atoms with Gasteiger partial charge in [-0.05, 0) is 72.5 Å². The summed E-state index contributed by atoms with van der Waals surface area (Å²) >= 11 is 0. The van der Waals surface area contributed by atoms with Crippen LogP contribution in [0.25, 0.3) is 5.76 Å². The number of anilines is 1. The van der Waals surface area contributed by atoms with Gasteiger partial charge >= 0.3 is 6.18 Å². The van der Waals surface area contributed by atoms with E-state index in [-0.39, 0.29) is 28.1 Å². The molecular formula is C30H28F3NO5. The van der Waals surface area contributed by atoms with Crippen LogP contribution in [0.3, 0.4) is 0 Å². The molecular weight excluding hydrogens is 511 g/mol. The number of aliphatic hydroxyl groups is 1. The molecule has 39 heavy (non-hydrogen) atoms. The molecule has 0 radical (unpaired) electrons. The quantitative estimate of drug-likeness (QED) is 0.213. The summed E-state index contributed by atoms with van der Waals surface area (Å²) in [6.45, 7) is 8.16. The maximum absolute atomic E-state index is 13.4. The molecule has 6 nitrogen and oxygen atoms in total. The Morgan fingerprint density at radius 2 is 1.64 bits per heavy atom. The standard InChI is InChI=1S/C30H28F3NO5/c1-5-39-23-14-9-18(16-22(23)29(2,3)4)26(36)24-25(17-7-6-8-21(35)15-17)34(28(38)27(24)37)20-12-10-19(11-13-20)30(31,32)33/h6-16,25,35-36H,5H2,1-4H3/b26-24-. The van der Waals surface area contributed by atoms with Crippen LogP contribution in [0.15, 0.2) is 72.3 Å². The smallest absolute Gasteiger partial charge is 0.416 e. The minimum atomic E-state index is -4.59. The number of aliphatic hydroxyl groups excluding tert-OH is 1. The number of halogens is 3. The van der Waals surface area contributed by atoms with E-state index in [2.05, 4.69) is 0 Å². The molecule has 0 bridgehead atoms. The van der Waals surface area contributed by atoms with Crippen molar-refractivity contribution in [2.24, 2.45) is 0 Å². The second kappa shape index (κ2) is 10.1. The van der Waals surface area contributed by atoms with Crippen molar-refractivity contribution in [2.45, 2.75) is 45.3 Å². The number of alkyl halides is 3. The van der Waals surface area contributed by atoms with Gasteiger partial charge in [-0.2, -0.15) is 13.2 Å². The third-order valence-corrected chi connectivity index (χ3v) is 6.46. The van der Waals surface area contributed by atoms with Crippen molar-refractivity contribution in [3.05, 3.63) is 94.6 Å². The number of phenolic OH excluding ortho intramolecular Hbond substituents is 1. The number of hydrogen-bond acceptors (Lipinski definition) is 5. The van der Waals surface area contributed by atoms with Gasteiger partial charge in [0.15, 0.2) is 0 Å². The van der Waals surface area contributed by atoms with Gasteiger partial charge in [0.2, 0.25) is 0 Å². The number of carbonyl (C=O) groups is 2. The van der Waals surface area contributed by atoms with Crippen molar-refractivity contribution in [1.29, 1.82) is 0 Å². The molecule has 1 heterocycles. The fraction of sp³-hybridized carbons (Fsp3) is 0.267. The Hall–Kier alpha value is -4.27. The van der Waals surface area contributed by atoms with Gasteiger partial charge in [-0.3, -0.25) is 14.5 Å². The average molecular weight is 540 g/mol. The summed E-state index contributed by atoms with van der Waals surface area (Å²) in [5.41, 5.74) is -0.219. The molecule has 1 aliphatic heterocycles. The van der Waals surface area contributed by atoms with E-state index in [0.717, 1.165) is 34.7 Å². The van der Waals surface area contributed by atoms with Crippen LogP contribution in [-0.2, 0) is 21.2 Å². The largest absolute Gasteiger partial charge is 0.508 e. The second-order valence-electron chi connectivity index (χ2n) is 10.2. The lowest BCUT2D eigenvalue weighted by Crippen LogP contribution is -2.29. The number of Topliss-reactive ketones (excluding diaryl/α,β-unsaturated/α-hetero) is 1. The van der Waals surface area contributed by atoms with Crippen molar-refractivity contribution in [1.82, 2.24) is 0 Å². The average Bonchev–Trinajstić information content (AvgIpc) is 3.13. The molecule has 0 aliphatic carbocycles. The Balaban J connectivity index is 1.93. The number of benzene rings is 3. The highest BCUT2D eigenvalue weighted by Crippen LogP contribution is 2.44. The zero-order valence-electron chi connectivity index (χ0n) is 21.8. The van der Waals surface area contributed by atoms with Gasteiger partial charge in [-0.25, -0.2) is 0 Å². The minimum Gasteiger partial charge on any atom is -0.508 e. The molecule has 2 N–H and O–H groups in total. The van der Waals surface area contributed by atoms with E-state index in [0.29, 0.717) is 12.4 Å². The van der Waals surface area contributed by atoms with Crippen LogP contribution in [0.5, 0.6) is 11.5 Å². The van der Waals surface area contributed by atoms with Crippen LogP contribution in [0, 0.1) is 0 Å². The summed E-state index contributed by atoms with van der Waals surface area (Å²) in [4.78, 5) is 27.7. The monoisotopic (exact) mass is 539 g/mol. The van der Waals surface area contributed by atoms with E-state index in [1.54, 1.807) is 24.3 Å². The number of carbonyl (C=O) groups excluding carboxylic acids is 2. The van der Waals surface area contributed by atoms with Crippen molar-refractivity contribution in [2.75, 3.05) is 11.5 Å². The SMILES string of the molecule is CCOc1ccc(/C(O)=C2/C(=O)C(=O)N(c3ccc(C(F)(F)F)cc3)C2c2cccc(O)c2)cc1C(C)(C)C. The number of rotatable bonds is 5. The van der Waals surface area contributed by atoms with E-state index in [1.807, 2.05) is 27.7 Å². The third-order valence-electron chi connectivity index (χ3n) is 6.46. The highest BCUT2D eigenvalue weighted by Gasteiger charge is 2.47. The first-order valence-corrected chi connectivity index (χ1v) is 12.3. The fourth-order valence-electron chi connectivity index (χ4n) is 4.62. The number of ether oxygens (including phenoxy) is 1. The summed E-state index contributed by atoms with van der Waals surface area (Å²) in [5, 5.41) is 21.6. The fourth-order valence-corrected chi connectivity index (χ4v) is 4.62. The zero-order valence-corrected chi connectivity index (χ0v) is 21.8. The molecule has 204 valence electrons. The molecule has 0 aromatic heterocycles. The number of hydrogen-bond donors (Lipinski definition) is 2. The third kappa shape index (κ3) is 5.34. The molecule has 0 spiro atoms. The summed E-state index contributed by atoms with van der Waals surface area (Å²) in [5.74, 6) is -2.03. The van der Waals surface area contributed by atoms with Gasteiger partial charge in [0, 0.05) is 16.8 Å². The van der Waals surface area contributed by atoms with E-state index < -0.39 is 40.6 Å². The van der Waals surface area contributed by atoms with E-state index in [9.17, 15) is 33.0 Å². The van der Waals surface area contributed by atoms with Crippen molar-refractivity contribution >= 4 is 23.1 Å². The van der Waals surface area contributed by atoms with E-state index in [1.165, 1.54) is 18.2 Å². The van der Waals surface area contributed by atoms with Crippen LogP contribution in [0.1, 0.15) is 56.0 Å².